The summed E-state index contributed by atoms with van der Waals surface area (Å²) in [6, 6.07) is 6.22. The van der Waals surface area contributed by atoms with Crippen LogP contribution in [0, 0.1) is 6.92 Å². The molecule has 2 rings (SSSR count). The molecule has 0 aliphatic heterocycles. The largest absolute Gasteiger partial charge is 0.321 e. The highest BCUT2D eigenvalue weighted by atomic mass is 35.5. The molecule has 1 aromatic heterocycles. The lowest BCUT2D eigenvalue weighted by Gasteiger charge is -2.07. The smallest absolute Gasteiger partial charge is 0.248 e. The Bertz CT molecular complexity index is 885. The number of anilines is 1. The molecule has 0 saturated carbocycles. The summed E-state index contributed by atoms with van der Waals surface area (Å²) in [7, 11) is -1.73. The summed E-state index contributed by atoms with van der Waals surface area (Å²) in [5.74, 6) is -0.458. The van der Waals surface area contributed by atoms with Gasteiger partial charge >= 0.3 is 0 Å². The second-order valence-corrected chi connectivity index (χ2v) is 7.35. The van der Waals surface area contributed by atoms with Gasteiger partial charge in [-0.3, -0.25) is 9.48 Å². The van der Waals surface area contributed by atoms with Crippen LogP contribution in [0.15, 0.2) is 35.2 Å². The number of amides is 1. The lowest BCUT2D eigenvalue weighted by atomic mass is 10.2. The molecule has 1 N–H and O–H groups in total. The molecule has 6 nitrogen and oxygen atoms in total. The fourth-order valence-corrected chi connectivity index (χ4v) is 3.14. The quantitative estimate of drug-likeness (QED) is 0.856. The first-order valence-electron chi connectivity index (χ1n) is 6.67. The summed E-state index contributed by atoms with van der Waals surface area (Å²) < 4.78 is 24.9. The fourth-order valence-electron chi connectivity index (χ4n) is 2.06. The van der Waals surface area contributed by atoms with Gasteiger partial charge in [-0.2, -0.15) is 5.10 Å². The molecular formula is C15H16ClN3O3S. The second kappa shape index (κ2) is 6.55. The Hall–Kier alpha value is -2.12. The van der Waals surface area contributed by atoms with E-state index in [1.165, 1.54) is 22.9 Å². The predicted octanol–water partition coefficient (Wildman–Crippen LogP) is 2.44. The van der Waals surface area contributed by atoms with Crippen LogP contribution in [0.3, 0.4) is 0 Å². The van der Waals surface area contributed by atoms with Crippen LogP contribution in [-0.2, 0) is 21.7 Å². The Labute approximate surface area is 139 Å². The van der Waals surface area contributed by atoms with Gasteiger partial charge in [0.15, 0.2) is 9.84 Å². The van der Waals surface area contributed by atoms with Gasteiger partial charge in [-0.1, -0.05) is 23.7 Å². The lowest BCUT2D eigenvalue weighted by molar-refractivity contribution is -0.111. The molecule has 0 unspecified atom stereocenters. The van der Waals surface area contributed by atoms with E-state index >= 15 is 0 Å². The molecule has 0 aliphatic carbocycles. The number of nitrogens with one attached hydrogen (secondary N) is 1. The highest BCUT2D eigenvalue weighted by molar-refractivity contribution is 7.90. The van der Waals surface area contributed by atoms with Crippen LogP contribution in [0.5, 0.6) is 0 Å². The number of nitrogens with zero attached hydrogens (tertiary/aromatic N) is 2. The Morgan fingerprint density at radius 1 is 1.35 bits per heavy atom. The van der Waals surface area contributed by atoms with E-state index in [1.54, 1.807) is 32.2 Å². The first-order chi connectivity index (χ1) is 10.7. The number of aryl methyl sites for hydroxylation is 2. The highest BCUT2D eigenvalue weighted by Gasteiger charge is 2.14. The molecule has 8 heteroatoms. The van der Waals surface area contributed by atoms with Gasteiger partial charge in [0.05, 0.1) is 16.3 Å². The van der Waals surface area contributed by atoms with Crippen molar-refractivity contribution in [3.63, 3.8) is 0 Å². The molecule has 0 radical (unpaired) electrons. The van der Waals surface area contributed by atoms with Crippen LogP contribution in [0.1, 0.15) is 11.3 Å². The zero-order chi connectivity index (χ0) is 17.2. The van der Waals surface area contributed by atoms with Crippen LogP contribution in [0.25, 0.3) is 6.08 Å². The minimum atomic E-state index is -3.43. The zero-order valence-electron chi connectivity index (χ0n) is 12.9. The van der Waals surface area contributed by atoms with E-state index < -0.39 is 15.7 Å². The molecule has 0 atom stereocenters. The van der Waals surface area contributed by atoms with E-state index in [0.717, 1.165) is 6.26 Å². The minimum Gasteiger partial charge on any atom is -0.321 e. The van der Waals surface area contributed by atoms with Gasteiger partial charge in [-0.15, -0.1) is 0 Å². The van der Waals surface area contributed by atoms with Crippen molar-refractivity contribution in [2.24, 2.45) is 7.05 Å². The Morgan fingerprint density at radius 3 is 2.57 bits per heavy atom. The van der Waals surface area contributed by atoms with Gasteiger partial charge in [0.25, 0.3) is 0 Å². The summed E-state index contributed by atoms with van der Waals surface area (Å²) in [5, 5.41) is 7.12. The topological polar surface area (TPSA) is 81.1 Å². The van der Waals surface area contributed by atoms with Crippen LogP contribution in [0.2, 0.25) is 5.15 Å². The van der Waals surface area contributed by atoms with Crippen LogP contribution >= 0.6 is 11.6 Å². The van der Waals surface area contributed by atoms with Gasteiger partial charge in [-0.05, 0) is 25.1 Å². The number of rotatable bonds is 4. The summed E-state index contributed by atoms with van der Waals surface area (Å²) in [4.78, 5) is 12.1. The number of sulfone groups is 1. The molecule has 0 aliphatic rings. The number of halogens is 1. The standard InChI is InChI=1S/C15H16ClN3O3S/c1-10-11(15(16)19(2)18-10)8-9-14(20)17-12-6-4-5-7-13(12)23(3,21)22/h4-9H,1-3H3,(H,17,20)/b9-8+. The molecule has 1 amide bonds. The van der Waals surface area contributed by atoms with Crippen molar-refractivity contribution in [2.45, 2.75) is 11.8 Å². The minimum absolute atomic E-state index is 0.0670. The molecule has 0 spiro atoms. The van der Waals surface area contributed by atoms with Crippen molar-refractivity contribution in [3.8, 4) is 0 Å². The summed E-state index contributed by atoms with van der Waals surface area (Å²) in [5.41, 5.74) is 1.57. The first kappa shape index (κ1) is 17.2. The van der Waals surface area contributed by atoms with Gasteiger partial charge < -0.3 is 5.32 Å². The number of carbonyl (C=O) groups is 1. The SMILES string of the molecule is Cc1nn(C)c(Cl)c1/C=C/C(=O)Nc1ccccc1S(C)(=O)=O. The summed E-state index contributed by atoms with van der Waals surface area (Å²) in [6.45, 7) is 1.78. The second-order valence-electron chi connectivity index (χ2n) is 5.00. The van der Waals surface area contributed by atoms with Crippen molar-refractivity contribution in [2.75, 3.05) is 11.6 Å². The van der Waals surface area contributed by atoms with Crippen LogP contribution in [0.4, 0.5) is 5.69 Å². The lowest BCUT2D eigenvalue weighted by Crippen LogP contribution is -2.11. The molecule has 122 valence electrons. The molecule has 2 aromatic rings. The number of aromatic nitrogens is 2. The van der Waals surface area contributed by atoms with Gasteiger partial charge in [0.1, 0.15) is 5.15 Å². The zero-order valence-corrected chi connectivity index (χ0v) is 14.4. The van der Waals surface area contributed by atoms with Crippen molar-refractivity contribution >= 4 is 39.1 Å². The molecule has 1 aromatic carbocycles. The number of hydrogen-bond acceptors (Lipinski definition) is 4. The number of benzene rings is 1. The van der Waals surface area contributed by atoms with Gasteiger partial charge in [0.2, 0.25) is 5.91 Å². The summed E-state index contributed by atoms with van der Waals surface area (Å²) in [6.07, 6.45) is 3.92. The summed E-state index contributed by atoms with van der Waals surface area (Å²) >= 11 is 6.08. The van der Waals surface area contributed by atoms with E-state index in [2.05, 4.69) is 10.4 Å². The predicted molar refractivity (Wildman–Crippen MR) is 90.2 cm³/mol. The van der Waals surface area contributed by atoms with Gasteiger partial charge in [-0.25, -0.2) is 8.42 Å². The molecule has 0 bridgehead atoms. The molecular weight excluding hydrogens is 338 g/mol. The van der Waals surface area contributed by atoms with E-state index in [1.807, 2.05) is 0 Å². The average molecular weight is 354 g/mol. The molecule has 23 heavy (non-hydrogen) atoms. The molecule has 0 saturated heterocycles. The third-order valence-electron chi connectivity index (χ3n) is 3.14. The first-order valence-corrected chi connectivity index (χ1v) is 8.94. The van der Waals surface area contributed by atoms with Crippen molar-refractivity contribution in [3.05, 3.63) is 46.8 Å². The third kappa shape index (κ3) is 4.00. The van der Waals surface area contributed by atoms with Crippen molar-refractivity contribution in [1.29, 1.82) is 0 Å². The van der Waals surface area contributed by atoms with Crippen molar-refractivity contribution in [1.82, 2.24) is 9.78 Å². The fraction of sp³-hybridized carbons (Fsp3) is 0.200. The van der Waals surface area contributed by atoms with Crippen molar-refractivity contribution < 1.29 is 13.2 Å². The van der Waals surface area contributed by atoms with E-state index in [9.17, 15) is 13.2 Å². The Kier molecular flexibility index (Phi) is 4.91. The number of carbonyl (C=O) groups excluding carboxylic acids is 1. The van der Waals surface area contributed by atoms with Gasteiger partial charge in [0, 0.05) is 24.9 Å². The van der Waals surface area contributed by atoms with E-state index in [-0.39, 0.29) is 10.6 Å². The monoisotopic (exact) mass is 353 g/mol. The molecule has 1 heterocycles. The number of hydrogen-bond donors (Lipinski definition) is 1. The normalized spacial score (nSPS) is 11.8. The van der Waals surface area contributed by atoms with Crippen LogP contribution < -0.4 is 5.32 Å². The van der Waals surface area contributed by atoms with E-state index in [0.29, 0.717) is 16.4 Å². The highest BCUT2D eigenvalue weighted by Crippen LogP contribution is 2.22. The van der Waals surface area contributed by atoms with Crippen LogP contribution in [-0.4, -0.2) is 30.4 Å². The van der Waals surface area contributed by atoms with E-state index in [4.69, 9.17) is 11.6 Å². The maximum atomic E-state index is 12.0. The maximum absolute atomic E-state index is 12.0. The third-order valence-corrected chi connectivity index (χ3v) is 4.75. The molecule has 0 fully saturated rings. The average Bonchev–Trinajstić information content (AvgIpc) is 2.69. The maximum Gasteiger partial charge on any atom is 0.248 e. The number of para-hydroxylation sites is 1. The Balaban J connectivity index is 2.23. The Morgan fingerprint density at radius 2 is 2.00 bits per heavy atom.